The standard InChI is InChI=1S/C24H26ClN5O3/c1-16(2)29-13-22(32)30(20(14-31)18-4-6-19(25)7-5-18)24(23(29)33)9-10-28(15-24)21-8-3-17(11-26)12-27-21/h3-8,12,16,20,31H,9-10,13-15H2,1-2H3/t20-,24?/m0/s1. The summed E-state index contributed by atoms with van der Waals surface area (Å²) in [5.41, 5.74) is 0.0324. The molecule has 0 radical (unpaired) electrons. The molecule has 1 unspecified atom stereocenters. The number of hydrogen-bond acceptors (Lipinski definition) is 6. The van der Waals surface area contributed by atoms with Crippen LogP contribution in [0, 0.1) is 11.3 Å². The van der Waals surface area contributed by atoms with E-state index in [1.165, 1.54) is 6.20 Å². The first-order chi connectivity index (χ1) is 15.8. The van der Waals surface area contributed by atoms with Crippen LogP contribution in [0.5, 0.6) is 0 Å². The molecule has 0 bridgehead atoms. The zero-order valence-corrected chi connectivity index (χ0v) is 19.4. The van der Waals surface area contributed by atoms with Gasteiger partial charge in [0.25, 0.3) is 5.91 Å². The Morgan fingerprint density at radius 3 is 2.52 bits per heavy atom. The summed E-state index contributed by atoms with van der Waals surface area (Å²) in [7, 11) is 0. The molecule has 1 aromatic heterocycles. The smallest absolute Gasteiger partial charge is 0.251 e. The molecule has 2 amide bonds. The highest BCUT2D eigenvalue weighted by atomic mass is 35.5. The number of benzene rings is 1. The van der Waals surface area contributed by atoms with E-state index in [4.69, 9.17) is 16.9 Å². The quantitative estimate of drug-likeness (QED) is 0.724. The molecule has 9 heteroatoms. The number of aliphatic hydroxyl groups is 1. The van der Waals surface area contributed by atoms with Gasteiger partial charge in [-0.15, -0.1) is 0 Å². The van der Waals surface area contributed by atoms with Crippen molar-refractivity contribution in [3.63, 3.8) is 0 Å². The Balaban J connectivity index is 1.75. The summed E-state index contributed by atoms with van der Waals surface area (Å²) in [4.78, 5) is 36.9. The van der Waals surface area contributed by atoms with E-state index in [0.717, 1.165) is 5.56 Å². The number of piperazine rings is 1. The molecule has 1 spiro atoms. The SMILES string of the molecule is CC(C)N1CC(=O)N([C@@H](CO)c2ccc(Cl)cc2)C2(CCN(c3ccc(C#N)cn3)C2)C1=O. The molecule has 2 atom stereocenters. The molecule has 2 aliphatic rings. The van der Waals surface area contributed by atoms with Crippen molar-refractivity contribution in [2.75, 3.05) is 31.1 Å². The van der Waals surface area contributed by atoms with Gasteiger partial charge < -0.3 is 19.8 Å². The number of carbonyl (C=O) groups excluding carboxylic acids is 2. The monoisotopic (exact) mass is 467 g/mol. The van der Waals surface area contributed by atoms with Crippen molar-refractivity contribution in [2.24, 2.45) is 0 Å². The van der Waals surface area contributed by atoms with Gasteiger partial charge in [0.15, 0.2) is 0 Å². The molecule has 33 heavy (non-hydrogen) atoms. The van der Waals surface area contributed by atoms with Crippen LogP contribution in [-0.4, -0.2) is 69.5 Å². The normalized spacial score (nSPS) is 21.8. The lowest BCUT2D eigenvalue weighted by Gasteiger charge is -2.51. The second-order valence-corrected chi connectivity index (χ2v) is 9.20. The highest BCUT2D eigenvalue weighted by molar-refractivity contribution is 6.30. The average molecular weight is 468 g/mol. The van der Waals surface area contributed by atoms with Crippen LogP contribution in [0.1, 0.15) is 37.4 Å². The van der Waals surface area contributed by atoms with Crippen LogP contribution in [0.25, 0.3) is 0 Å². The summed E-state index contributed by atoms with van der Waals surface area (Å²) >= 11 is 6.04. The van der Waals surface area contributed by atoms with Crippen LogP contribution in [0.2, 0.25) is 5.02 Å². The third-order valence-electron chi connectivity index (χ3n) is 6.51. The largest absolute Gasteiger partial charge is 0.394 e. The lowest BCUT2D eigenvalue weighted by atomic mass is 9.87. The maximum atomic E-state index is 13.9. The Morgan fingerprint density at radius 1 is 1.21 bits per heavy atom. The lowest BCUT2D eigenvalue weighted by Crippen LogP contribution is -2.71. The van der Waals surface area contributed by atoms with E-state index in [1.54, 1.807) is 46.2 Å². The van der Waals surface area contributed by atoms with E-state index in [-0.39, 0.29) is 37.6 Å². The first-order valence-electron chi connectivity index (χ1n) is 10.9. The van der Waals surface area contributed by atoms with Crippen LogP contribution in [0.4, 0.5) is 5.82 Å². The predicted octanol–water partition coefficient (Wildman–Crippen LogP) is 2.37. The minimum atomic E-state index is -1.14. The van der Waals surface area contributed by atoms with E-state index < -0.39 is 11.6 Å². The van der Waals surface area contributed by atoms with E-state index in [9.17, 15) is 14.7 Å². The third kappa shape index (κ3) is 4.03. The maximum absolute atomic E-state index is 13.9. The Kier molecular flexibility index (Phi) is 6.28. The van der Waals surface area contributed by atoms with Crippen molar-refractivity contribution in [3.05, 3.63) is 58.7 Å². The van der Waals surface area contributed by atoms with Gasteiger partial charge in [-0.1, -0.05) is 23.7 Å². The van der Waals surface area contributed by atoms with E-state index >= 15 is 0 Å². The first kappa shape index (κ1) is 23.0. The highest BCUT2D eigenvalue weighted by Crippen LogP contribution is 2.41. The predicted molar refractivity (Wildman–Crippen MR) is 123 cm³/mol. The summed E-state index contributed by atoms with van der Waals surface area (Å²) in [6.45, 7) is 4.21. The van der Waals surface area contributed by atoms with Gasteiger partial charge in [-0.05, 0) is 50.1 Å². The second-order valence-electron chi connectivity index (χ2n) is 8.76. The van der Waals surface area contributed by atoms with Crippen LogP contribution in [-0.2, 0) is 9.59 Å². The number of amides is 2. The molecule has 2 aliphatic heterocycles. The summed E-state index contributed by atoms with van der Waals surface area (Å²) in [6.07, 6.45) is 1.91. The topological polar surface area (TPSA) is 101 Å². The fraction of sp³-hybridized carbons (Fsp3) is 0.417. The number of aromatic nitrogens is 1. The average Bonchev–Trinajstić information content (AvgIpc) is 3.25. The van der Waals surface area contributed by atoms with Gasteiger partial charge in [-0.25, -0.2) is 4.98 Å². The third-order valence-corrected chi connectivity index (χ3v) is 6.76. The van der Waals surface area contributed by atoms with Gasteiger partial charge in [0.2, 0.25) is 5.91 Å². The summed E-state index contributed by atoms with van der Waals surface area (Å²) in [6, 6.07) is 11.7. The number of anilines is 1. The zero-order valence-electron chi connectivity index (χ0n) is 18.6. The first-order valence-corrected chi connectivity index (χ1v) is 11.3. The minimum Gasteiger partial charge on any atom is -0.394 e. The molecular formula is C24H26ClN5O3. The zero-order chi connectivity index (χ0) is 23.8. The van der Waals surface area contributed by atoms with Crippen molar-refractivity contribution in [3.8, 4) is 6.07 Å². The molecule has 172 valence electrons. The molecule has 1 aromatic carbocycles. The Hall–Kier alpha value is -3.15. The molecule has 0 aliphatic carbocycles. The van der Waals surface area contributed by atoms with Crippen LogP contribution in [0.15, 0.2) is 42.6 Å². The van der Waals surface area contributed by atoms with Crippen LogP contribution >= 0.6 is 11.6 Å². The number of pyridine rings is 1. The van der Waals surface area contributed by atoms with Gasteiger partial charge in [-0.3, -0.25) is 9.59 Å². The van der Waals surface area contributed by atoms with Gasteiger partial charge in [0.1, 0.15) is 24.0 Å². The van der Waals surface area contributed by atoms with E-state index in [2.05, 4.69) is 11.1 Å². The van der Waals surface area contributed by atoms with Crippen molar-refractivity contribution < 1.29 is 14.7 Å². The van der Waals surface area contributed by atoms with Crippen molar-refractivity contribution in [1.82, 2.24) is 14.8 Å². The molecule has 3 heterocycles. The molecule has 2 fully saturated rings. The van der Waals surface area contributed by atoms with Gasteiger partial charge in [0, 0.05) is 23.8 Å². The Bertz CT molecular complexity index is 1080. The van der Waals surface area contributed by atoms with Crippen molar-refractivity contribution >= 4 is 29.2 Å². The summed E-state index contributed by atoms with van der Waals surface area (Å²) in [5.74, 6) is 0.312. The number of nitriles is 1. The lowest BCUT2D eigenvalue weighted by molar-refractivity contribution is -0.170. The minimum absolute atomic E-state index is 0.0303. The molecule has 2 saturated heterocycles. The number of hydrogen-bond donors (Lipinski definition) is 1. The van der Waals surface area contributed by atoms with E-state index in [0.29, 0.717) is 29.4 Å². The Labute approximate surface area is 198 Å². The van der Waals surface area contributed by atoms with Gasteiger partial charge in [0.05, 0.1) is 24.8 Å². The number of halogens is 1. The fourth-order valence-corrected chi connectivity index (χ4v) is 4.94. The fourth-order valence-electron chi connectivity index (χ4n) is 4.81. The molecule has 2 aromatic rings. The number of aliphatic hydroxyl groups excluding tert-OH is 1. The number of carbonyl (C=O) groups is 2. The van der Waals surface area contributed by atoms with E-state index in [1.807, 2.05) is 18.7 Å². The highest BCUT2D eigenvalue weighted by Gasteiger charge is 2.58. The number of rotatable bonds is 5. The Morgan fingerprint density at radius 2 is 1.94 bits per heavy atom. The summed E-state index contributed by atoms with van der Waals surface area (Å²) in [5, 5.41) is 20.0. The van der Waals surface area contributed by atoms with Crippen molar-refractivity contribution in [1.29, 1.82) is 5.26 Å². The van der Waals surface area contributed by atoms with Gasteiger partial charge >= 0.3 is 0 Å². The molecule has 8 nitrogen and oxygen atoms in total. The van der Waals surface area contributed by atoms with Crippen LogP contribution < -0.4 is 4.90 Å². The molecule has 1 N–H and O–H groups in total. The number of nitrogens with zero attached hydrogens (tertiary/aromatic N) is 5. The van der Waals surface area contributed by atoms with Gasteiger partial charge in [-0.2, -0.15) is 5.26 Å². The van der Waals surface area contributed by atoms with Crippen LogP contribution in [0.3, 0.4) is 0 Å². The molecular weight excluding hydrogens is 442 g/mol. The maximum Gasteiger partial charge on any atom is 0.251 e. The summed E-state index contributed by atoms with van der Waals surface area (Å²) < 4.78 is 0. The van der Waals surface area contributed by atoms with Crippen molar-refractivity contribution in [2.45, 2.75) is 37.9 Å². The second kappa shape index (κ2) is 9.00. The molecule has 4 rings (SSSR count). The molecule has 0 saturated carbocycles.